The fourth-order valence-corrected chi connectivity index (χ4v) is 3.45. The minimum Gasteiger partial charge on any atom is -0.478 e. The van der Waals surface area contributed by atoms with E-state index in [-0.39, 0.29) is 10.6 Å². The molecule has 1 heterocycles. The highest BCUT2D eigenvalue weighted by Gasteiger charge is 2.16. The zero-order valence-electron chi connectivity index (χ0n) is 8.68. The van der Waals surface area contributed by atoms with Crippen LogP contribution in [0.1, 0.15) is 15.4 Å². The van der Waals surface area contributed by atoms with E-state index in [0.717, 1.165) is 5.01 Å². The van der Waals surface area contributed by atoms with Gasteiger partial charge in [-0.3, -0.25) is 0 Å². The molecule has 0 aliphatic rings. The van der Waals surface area contributed by atoms with Crippen molar-refractivity contribution in [2.24, 2.45) is 0 Å². The van der Waals surface area contributed by atoms with E-state index in [2.05, 4.69) is 10.2 Å². The predicted octanol–water partition coefficient (Wildman–Crippen LogP) is 3.35. The molecule has 4 nitrogen and oxygen atoms in total. The highest BCUT2D eigenvalue weighted by molar-refractivity contribution is 8.01. The highest BCUT2D eigenvalue weighted by atomic mass is 35.5. The summed E-state index contributed by atoms with van der Waals surface area (Å²) in [5.41, 5.74) is 0.104. The van der Waals surface area contributed by atoms with Gasteiger partial charge in [-0.25, -0.2) is 4.79 Å². The molecule has 0 aliphatic heterocycles. The molecule has 0 amide bonds. The number of hydrogen-bond acceptors (Lipinski definition) is 5. The number of nitrogens with zero attached hydrogens (tertiary/aromatic N) is 2. The van der Waals surface area contributed by atoms with Crippen molar-refractivity contribution in [3.63, 3.8) is 0 Å². The zero-order chi connectivity index (χ0) is 12.4. The summed E-state index contributed by atoms with van der Waals surface area (Å²) in [6.45, 7) is 1.85. The first-order valence-electron chi connectivity index (χ1n) is 4.57. The first-order valence-corrected chi connectivity index (χ1v) is 6.59. The third kappa shape index (κ3) is 2.77. The quantitative estimate of drug-likeness (QED) is 0.937. The Morgan fingerprint density at radius 3 is 2.82 bits per heavy atom. The Kier molecular flexibility index (Phi) is 3.66. The third-order valence-electron chi connectivity index (χ3n) is 1.89. The van der Waals surface area contributed by atoms with Gasteiger partial charge in [0.1, 0.15) is 5.01 Å². The summed E-state index contributed by atoms with van der Waals surface area (Å²) in [4.78, 5) is 11.7. The molecule has 0 atom stereocenters. The molecular formula is C10H7ClN2O2S2. The second-order valence-electron chi connectivity index (χ2n) is 3.11. The number of aryl methyl sites for hydroxylation is 1. The molecule has 0 saturated heterocycles. The van der Waals surface area contributed by atoms with Gasteiger partial charge in [0.15, 0.2) is 4.34 Å². The summed E-state index contributed by atoms with van der Waals surface area (Å²) in [6, 6.07) is 4.97. The van der Waals surface area contributed by atoms with Crippen molar-refractivity contribution < 1.29 is 9.90 Å². The third-order valence-corrected chi connectivity index (χ3v) is 4.16. The van der Waals surface area contributed by atoms with Crippen LogP contribution in [0.15, 0.2) is 27.4 Å². The number of hydrogen-bond donors (Lipinski definition) is 1. The fraction of sp³-hybridized carbons (Fsp3) is 0.100. The first kappa shape index (κ1) is 12.3. The van der Waals surface area contributed by atoms with Gasteiger partial charge in [-0.05, 0) is 19.1 Å². The van der Waals surface area contributed by atoms with Gasteiger partial charge in [-0.15, -0.1) is 10.2 Å². The van der Waals surface area contributed by atoms with Crippen LogP contribution in [0.3, 0.4) is 0 Å². The average Bonchev–Trinajstić information content (AvgIpc) is 2.63. The molecule has 1 N–H and O–H groups in total. The first-order chi connectivity index (χ1) is 8.08. The van der Waals surface area contributed by atoms with E-state index in [9.17, 15) is 4.79 Å². The van der Waals surface area contributed by atoms with Gasteiger partial charge >= 0.3 is 5.97 Å². The Bertz CT molecular complexity index is 571. The lowest BCUT2D eigenvalue weighted by atomic mass is 10.2. The molecule has 0 bridgehead atoms. The van der Waals surface area contributed by atoms with E-state index >= 15 is 0 Å². The van der Waals surface area contributed by atoms with Gasteiger partial charge in [0.25, 0.3) is 0 Å². The van der Waals surface area contributed by atoms with E-state index < -0.39 is 5.97 Å². The Labute approximate surface area is 111 Å². The van der Waals surface area contributed by atoms with E-state index in [1.807, 2.05) is 6.92 Å². The molecule has 0 saturated carbocycles. The topological polar surface area (TPSA) is 63.1 Å². The number of halogens is 1. The Hall–Kier alpha value is -1.11. The van der Waals surface area contributed by atoms with E-state index in [0.29, 0.717) is 9.24 Å². The summed E-state index contributed by atoms with van der Waals surface area (Å²) >= 11 is 8.54. The van der Waals surface area contributed by atoms with E-state index in [4.69, 9.17) is 16.7 Å². The monoisotopic (exact) mass is 286 g/mol. The number of carboxylic acid groups (broad SMARTS) is 1. The molecular weight excluding hydrogens is 280 g/mol. The maximum atomic E-state index is 11.1. The summed E-state index contributed by atoms with van der Waals surface area (Å²) in [5, 5.41) is 18.0. The van der Waals surface area contributed by atoms with Gasteiger partial charge < -0.3 is 5.11 Å². The molecule has 2 rings (SSSR count). The summed E-state index contributed by atoms with van der Waals surface area (Å²) < 4.78 is 0.701. The maximum Gasteiger partial charge on any atom is 0.338 e. The second kappa shape index (κ2) is 5.03. The van der Waals surface area contributed by atoms with Crippen molar-refractivity contribution in [1.82, 2.24) is 10.2 Å². The number of rotatable bonds is 3. The van der Waals surface area contributed by atoms with Gasteiger partial charge in [-0.2, -0.15) is 0 Å². The normalized spacial score (nSPS) is 10.5. The molecule has 0 fully saturated rings. The molecule has 1 aromatic carbocycles. The SMILES string of the molecule is Cc1nnc(Sc2cccc(Cl)c2C(=O)O)s1. The number of carbonyl (C=O) groups is 1. The molecule has 17 heavy (non-hydrogen) atoms. The van der Waals surface area contributed by atoms with Crippen LogP contribution in [0.4, 0.5) is 0 Å². The summed E-state index contributed by atoms with van der Waals surface area (Å²) in [7, 11) is 0. The van der Waals surface area contributed by atoms with Crippen LogP contribution in [0, 0.1) is 6.92 Å². The van der Waals surface area contributed by atoms with Crippen LogP contribution in [0.2, 0.25) is 5.02 Å². The van der Waals surface area contributed by atoms with Crippen molar-refractivity contribution in [1.29, 1.82) is 0 Å². The Balaban J connectivity index is 2.39. The van der Waals surface area contributed by atoms with Crippen LogP contribution in [0.25, 0.3) is 0 Å². The maximum absolute atomic E-state index is 11.1. The number of benzene rings is 1. The molecule has 1 aromatic heterocycles. The van der Waals surface area contributed by atoms with Crippen molar-refractivity contribution in [2.45, 2.75) is 16.2 Å². The highest BCUT2D eigenvalue weighted by Crippen LogP contribution is 2.35. The lowest BCUT2D eigenvalue weighted by Gasteiger charge is -2.04. The molecule has 0 radical (unpaired) electrons. The van der Waals surface area contributed by atoms with Gasteiger partial charge in [0.05, 0.1) is 10.6 Å². The number of carboxylic acids is 1. The lowest BCUT2D eigenvalue weighted by Crippen LogP contribution is -1.99. The molecule has 2 aromatic rings. The van der Waals surface area contributed by atoms with Crippen LogP contribution >= 0.6 is 34.7 Å². The molecule has 7 heteroatoms. The minimum atomic E-state index is -1.04. The average molecular weight is 287 g/mol. The Morgan fingerprint density at radius 2 is 2.24 bits per heavy atom. The van der Waals surface area contributed by atoms with Crippen molar-refractivity contribution >= 4 is 40.7 Å². The molecule has 0 spiro atoms. The summed E-state index contributed by atoms with van der Waals surface area (Å²) in [6.07, 6.45) is 0. The predicted molar refractivity (Wildman–Crippen MR) is 67.2 cm³/mol. The van der Waals surface area contributed by atoms with Crippen molar-refractivity contribution in [3.05, 3.63) is 33.8 Å². The standard InChI is InChI=1S/C10H7ClN2O2S2/c1-5-12-13-10(16-5)17-7-4-2-3-6(11)8(7)9(14)15/h2-4H,1H3,(H,14,15). The minimum absolute atomic E-state index is 0.104. The smallest absolute Gasteiger partial charge is 0.338 e. The van der Waals surface area contributed by atoms with Crippen LogP contribution in [-0.4, -0.2) is 21.3 Å². The van der Waals surface area contributed by atoms with E-state index in [1.165, 1.54) is 23.1 Å². The lowest BCUT2D eigenvalue weighted by molar-refractivity contribution is 0.0693. The van der Waals surface area contributed by atoms with E-state index in [1.54, 1.807) is 18.2 Å². The van der Waals surface area contributed by atoms with Gasteiger partial charge in [0, 0.05) is 4.90 Å². The fourth-order valence-electron chi connectivity index (χ4n) is 1.21. The number of aromatic nitrogens is 2. The van der Waals surface area contributed by atoms with Crippen LogP contribution in [-0.2, 0) is 0 Å². The van der Waals surface area contributed by atoms with Crippen LogP contribution < -0.4 is 0 Å². The van der Waals surface area contributed by atoms with Crippen molar-refractivity contribution in [3.8, 4) is 0 Å². The van der Waals surface area contributed by atoms with Crippen molar-refractivity contribution in [2.75, 3.05) is 0 Å². The molecule has 0 unspecified atom stereocenters. The van der Waals surface area contributed by atoms with Gasteiger partial charge in [-0.1, -0.05) is 40.8 Å². The summed E-state index contributed by atoms with van der Waals surface area (Å²) in [5.74, 6) is -1.04. The molecule has 0 aliphatic carbocycles. The van der Waals surface area contributed by atoms with Crippen LogP contribution in [0.5, 0.6) is 0 Å². The zero-order valence-corrected chi connectivity index (χ0v) is 11.1. The Morgan fingerprint density at radius 1 is 1.47 bits per heavy atom. The second-order valence-corrected chi connectivity index (χ2v) is 5.99. The van der Waals surface area contributed by atoms with Gasteiger partial charge in [0.2, 0.25) is 0 Å². The largest absolute Gasteiger partial charge is 0.478 e. The number of aromatic carboxylic acids is 1. The molecule has 88 valence electrons.